The van der Waals surface area contributed by atoms with Crippen molar-refractivity contribution in [2.45, 2.75) is 39.5 Å². The summed E-state index contributed by atoms with van der Waals surface area (Å²) in [6.07, 6.45) is 4.67. The van der Waals surface area contributed by atoms with E-state index in [1.54, 1.807) is 25.3 Å². The first-order chi connectivity index (χ1) is 9.62. The molecule has 0 aromatic heterocycles. The van der Waals surface area contributed by atoms with E-state index in [9.17, 15) is 9.90 Å². The molecule has 0 aliphatic carbocycles. The number of methoxy groups -OCH3 is 1. The van der Waals surface area contributed by atoms with Crippen LogP contribution in [-0.4, -0.2) is 24.7 Å². The Morgan fingerprint density at radius 3 is 2.70 bits per heavy atom. The first-order valence-corrected chi connectivity index (χ1v) is 7.27. The predicted octanol–water partition coefficient (Wildman–Crippen LogP) is 4.02. The standard InChI is InChI=1S/C16H25NO3/c1-4-6-7-12(5-2)11-17-15-10-13(20-3)8-9-14(15)16(18)19/h8-10,12,17H,4-7,11H2,1-3H3,(H,18,19). The lowest BCUT2D eigenvalue weighted by Gasteiger charge is -2.17. The molecule has 0 fully saturated rings. The van der Waals surface area contributed by atoms with Gasteiger partial charge in [0.2, 0.25) is 0 Å². The highest BCUT2D eigenvalue weighted by Crippen LogP contribution is 2.24. The van der Waals surface area contributed by atoms with Crippen LogP contribution in [0.2, 0.25) is 0 Å². The maximum absolute atomic E-state index is 11.2. The molecule has 0 saturated carbocycles. The second kappa shape index (κ2) is 8.46. The number of hydrogen-bond donors (Lipinski definition) is 2. The third-order valence-corrected chi connectivity index (χ3v) is 3.58. The topological polar surface area (TPSA) is 58.6 Å². The fraction of sp³-hybridized carbons (Fsp3) is 0.562. The third-order valence-electron chi connectivity index (χ3n) is 3.58. The van der Waals surface area contributed by atoms with Crippen molar-refractivity contribution in [1.29, 1.82) is 0 Å². The number of hydrogen-bond acceptors (Lipinski definition) is 3. The molecular formula is C16H25NO3. The Morgan fingerprint density at radius 2 is 2.15 bits per heavy atom. The SMILES string of the molecule is CCCCC(CC)CNc1cc(OC)ccc1C(=O)O. The lowest BCUT2D eigenvalue weighted by Crippen LogP contribution is -2.15. The smallest absolute Gasteiger partial charge is 0.337 e. The summed E-state index contributed by atoms with van der Waals surface area (Å²) in [6.45, 7) is 5.15. The molecule has 0 saturated heterocycles. The molecule has 0 heterocycles. The maximum Gasteiger partial charge on any atom is 0.337 e. The summed E-state index contributed by atoms with van der Waals surface area (Å²) >= 11 is 0. The van der Waals surface area contributed by atoms with Crippen LogP contribution in [0.15, 0.2) is 18.2 Å². The first-order valence-electron chi connectivity index (χ1n) is 7.27. The number of nitrogens with one attached hydrogen (secondary N) is 1. The molecule has 20 heavy (non-hydrogen) atoms. The number of ether oxygens (including phenoxy) is 1. The van der Waals surface area contributed by atoms with Crippen molar-refractivity contribution in [3.8, 4) is 5.75 Å². The molecule has 1 aromatic rings. The van der Waals surface area contributed by atoms with Gasteiger partial charge in [-0.2, -0.15) is 0 Å². The highest BCUT2D eigenvalue weighted by molar-refractivity contribution is 5.94. The Bertz CT molecular complexity index is 432. The number of aromatic carboxylic acids is 1. The fourth-order valence-corrected chi connectivity index (χ4v) is 2.18. The minimum absolute atomic E-state index is 0.288. The molecule has 0 radical (unpaired) electrons. The normalized spacial score (nSPS) is 11.9. The van der Waals surface area contributed by atoms with Gasteiger partial charge < -0.3 is 15.2 Å². The van der Waals surface area contributed by atoms with Gasteiger partial charge in [0.25, 0.3) is 0 Å². The average molecular weight is 279 g/mol. The Labute approximate surface area is 121 Å². The highest BCUT2D eigenvalue weighted by Gasteiger charge is 2.12. The van der Waals surface area contributed by atoms with E-state index in [0.29, 0.717) is 17.4 Å². The number of unbranched alkanes of at least 4 members (excludes halogenated alkanes) is 1. The quantitative estimate of drug-likeness (QED) is 0.716. The van der Waals surface area contributed by atoms with E-state index in [2.05, 4.69) is 19.2 Å². The van der Waals surface area contributed by atoms with Crippen LogP contribution < -0.4 is 10.1 Å². The number of anilines is 1. The monoisotopic (exact) mass is 279 g/mol. The highest BCUT2D eigenvalue weighted by atomic mass is 16.5. The molecule has 1 unspecified atom stereocenters. The van der Waals surface area contributed by atoms with Gasteiger partial charge in [0.05, 0.1) is 18.4 Å². The summed E-state index contributed by atoms with van der Waals surface area (Å²) in [5.41, 5.74) is 0.919. The van der Waals surface area contributed by atoms with E-state index >= 15 is 0 Å². The Morgan fingerprint density at radius 1 is 1.40 bits per heavy atom. The predicted molar refractivity (Wildman–Crippen MR) is 81.7 cm³/mol. The average Bonchev–Trinajstić information content (AvgIpc) is 2.47. The van der Waals surface area contributed by atoms with Crippen molar-refractivity contribution in [2.24, 2.45) is 5.92 Å². The van der Waals surface area contributed by atoms with Crippen molar-refractivity contribution >= 4 is 11.7 Å². The number of carboxylic acids is 1. The van der Waals surface area contributed by atoms with E-state index in [1.165, 1.54) is 19.3 Å². The van der Waals surface area contributed by atoms with Gasteiger partial charge in [0, 0.05) is 12.6 Å². The Hall–Kier alpha value is -1.71. The van der Waals surface area contributed by atoms with Crippen molar-refractivity contribution in [1.82, 2.24) is 0 Å². The zero-order valence-electron chi connectivity index (χ0n) is 12.6. The van der Waals surface area contributed by atoms with E-state index in [0.717, 1.165) is 13.0 Å². The number of carbonyl (C=O) groups is 1. The first kappa shape index (κ1) is 16.3. The molecule has 0 aliphatic rings. The van der Waals surface area contributed by atoms with E-state index in [4.69, 9.17) is 4.74 Å². The van der Waals surface area contributed by atoms with Gasteiger partial charge in [-0.15, -0.1) is 0 Å². The summed E-state index contributed by atoms with van der Waals surface area (Å²) in [5, 5.41) is 12.5. The number of carboxylic acid groups (broad SMARTS) is 1. The molecule has 4 heteroatoms. The van der Waals surface area contributed by atoms with Crippen LogP contribution in [0.1, 0.15) is 49.9 Å². The van der Waals surface area contributed by atoms with Crippen molar-refractivity contribution in [3.63, 3.8) is 0 Å². The molecule has 1 aromatic carbocycles. The van der Waals surface area contributed by atoms with E-state index in [-0.39, 0.29) is 5.56 Å². The molecule has 112 valence electrons. The maximum atomic E-state index is 11.2. The molecule has 0 bridgehead atoms. The van der Waals surface area contributed by atoms with Gasteiger partial charge in [-0.1, -0.05) is 33.1 Å². The molecule has 4 nitrogen and oxygen atoms in total. The molecule has 0 spiro atoms. The lowest BCUT2D eigenvalue weighted by molar-refractivity contribution is 0.0698. The van der Waals surface area contributed by atoms with Crippen molar-refractivity contribution in [2.75, 3.05) is 19.0 Å². The molecule has 0 aliphatic heterocycles. The zero-order chi connectivity index (χ0) is 15.0. The second-order valence-electron chi connectivity index (χ2n) is 5.01. The Kier molecular flexibility index (Phi) is 6.91. The van der Waals surface area contributed by atoms with Crippen molar-refractivity contribution < 1.29 is 14.6 Å². The van der Waals surface area contributed by atoms with E-state index < -0.39 is 5.97 Å². The van der Waals surface area contributed by atoms with Gasteiger partial charge in [0.1, 0.15) is 5.75 Å². The zero-order valence-corrected chi connectivity index (χ0v) is 12.6. The van der Waals surface area contributed by atoms with Crippen LogP contribution in [0.25, 0.3) is 0 Å². The summed E-state index contributed by atoms with van der Waals surface area (Å²) < 4.78 is 5.15. The van der Waals surface area contributed by atoms with Gasteiger partial charge >= 0.3 is 5.97 Å². The third kappa shape index (κ3) is 4.76. The van der Waals surface area contributed by atoms with Crippen LogP contribution in [0.3, 0.4) is 0 Å². The van der Waals surface area contributed by atoms with Gasteiger partial charge in [-0.3, -0.25) is 0 Å². The van der Waals surface area contributed by atoms with Gasteiger partial charge in [-0.05, 0) is 24.5 Å². The molecule has 1 rings (SSSR count). The van der Waals surface area contributed by atoms with Crippen LogP contribution in [0.5, 0.6) is 5.75 Å². The van der Waals surface area contributed by atoms with Crippen LogP contribution in [-0.2, 0) is 0 Å². The fourth-order valence-electron chi connectivity index (χ4n) is 2.18. The van der Waals surface area contributed by atoms with Crippen molar-refractivity contribution in [3.05, 3.63) is 23.8 Å². The minimum Gasteiger partial charge on any atom is -0.497 e. The summed E-state index contributed by atoms with van der Waals surface area (Å²) in [7, 11) is 1.58. The molecule has 1 atom stereocenters. The van der Waals surface area contributed by atoms with Crippen LogP contribution in [0.4, 0.5) is 5.69 Å². The summed E-state index contributed by atoms with van der Waals surface area (Å²) in [6, 6.07) is 5.00. The lowest BCUT2D eigenvalue weighted by atomic mass is 9.99. The molecular weight excluding hydrogens is 254 g/mol. The Balaban J connectivity index is 2.76. The second-order valence-corrected chi connectivity index (χ2v) is 5.01. The molecule has 2 N–H and O–H groups in total. The summed E-state index contributed by atoms with van der Waals surface area (Å²) in [4.78, 5) is 11.2. The van der Waals surface area contributed by atoms with Crippen LogP contribution >= 0.6 is 0 Å². The van der Waals surface area contributed by atoms with Crippen LogP contribution in [0, 0.1) is 5.92 Å². The van der Waals surface area contributed by atoms with E-state index in [1.807, 2.05) is 0 Å². The van der Waals surface area contributed by atoms with Gasteiger partial charge in [-0.25, -0.2) is 4.79 Å². The largest absolute Gasteiger partial charge is 0.497 e. The molecule has 0 amide bonds. The number of rotatable bonds is 9. The van der Waals surface area contributed by atoms with Gasteiger partial charge in [0.15, 0.2) is 0 Å². The minimum atomic E-state index is -0.920. The summed E-state index contributed by atoms with van der Waals surface area (Å²) in [5.74, 6) is 0.318. The number of benzene rings is 1.